The zero-order chi connectivity index (χ0) is 14.6. The molecule has 0 saturated heterocycles. The molecule has 1 aromatic carbocycles. The second-order valence-electron chi connectivity index (χ2n) is 4.13. The van der Waals surface area contributed by atoms with Gasteiger partial charge in [0.25, 0.3) is 5.91 Å². The van der Waals surface area contributed by atoms with Gasteiger partial charge in [0.15, 0.2) is 0 Å². The minimum Gasteiger partial charge on any atom is -0.348 e. The van der Waals surface area contributed by atoms with E-state index in [-0.39, 0.29) is 6.42 Å². The SMILES string of the molecule is CC(Cc1ccc(F)cc1)NC(=O)C(F)(F)C(F)F. The van der Waals surface area contributed by atoms with Gasteiger partial charge in [-0.2, -0.15) is 8.78 Å². The molecular formula is C12H12F5NO. The van der Waals surface area contributed by atoms with Gasteiger partial charge in [-0.1, -0.05) is 12.1 Å². The number of nitrogens with one attached hydrogen (secondary N) is 1. The largest absolute Gasteiger partial charge is 0.383 e. The first-order valence-electron chi connectivity index (χ1n) is 5.45. The summed E-state index contributed by atoms with van der Waals surface area (Å²) in [6.45, 7) is 1.39. The van der Waals surface area contributed by atoms with Crippen LogP contribution in [0.15, 0.2) is 24.3 Å². The Hall–Kier alpha value is -1.66. The molecule has 7 heteroatoms. The Morgan fingerprint density at radius 1 is 1.26 bits per heavy atom. The van der Waals surface area contributed by atoms with Crippen LogP contribution >= 0.6 is 0 Å². The average molecular weight is 281 g/mol. The quantitative estimate of drug-likeness (QED) is 0.826. The summed E-state index contributed by atoms with van der Waals surface area (Å²) in [4.78, 5) is 11.0. The van der Waals surface area contributed by atoms with Gasteiger partial charge in [0.05, 0.1) is 0 Å². The van der Waals surface area contributed by atoms with E-state index in [1.165, 1.54) is 31.2 Å². The van der Waals surface area contributed by atoms with Gasteiger partial charge < -0.3 is 5.32 Å². The number of benzene rings is 1. The van der Waals surface area contributed by atoms with Crippen molar-refractivity contribution in [3.63, 3.8) is 0 Å². The predicted octanol–water partition coefficient (Wildman–Crippen LogP) is 2.77. The summed E-state index contributed by atoms with van der Waals surface area (Å²) in [7, 11) is 0. The molecule has 0 radical (unpaired) electrons. The van der Waals surface area contributed by atoms with Crippen LogP contribution in [0.3, 0.4) is 0 Å². The number of halogens is 5. The maximum Gasteiger partial charge on any atom is 0.383 e. The zero-order valence-electron chi connectivity index (χ0n) is 9.97. The molecule has 1 N–H and O–H groups in total. The van der Waals surface area contributed by atoms with Gasteiger partial charge in [0.1, 0.15) is 5.82 Å². The molecule has 2 nitrogen and oxygen atoms in total. The van der Waals surface area contributed by atoms with Crippen molar-refractivity contribution >= 4 is 5.91 Å². The lowest BCUT2D eigenvalue weighted by Gasteiger charge is -2.19. The highest BCUT2D eigenvalue weighted by atomic mass is 19.3. The van der Waals surface area contributed by atoms with Crippen molar-refractivity contribution in [3.8, 4) is 0 Å². The van der Waals surface area contributed by atoms with Crippen molar-refractivity contribution < 1.29 is 26.7 Å². The van der Waals surface area contributed by atoms with E-state index >= 15 is 0 Å². The molecule has 0 aliphatic heterocycles. The van der Waals surface area contributed by atoms with Crippen LogP contribution in [0.5, 0.6) is 0 Å². The van der Waals surface area contributed by atoms with Gasteiger partial charge in [-0.25, -0.2) is 13.2 Å². The lowest BCUT2D eigenvalue weighted by molar-refractivity contribution is -0.170. The number of carbonyl (C=O) groups is 1. The molecule has 1 amide bonds. The molecule has 1 unspecified atom stereocenters. The first kappa shape index (κ1) is 15.4. The maximum absolute atomic E-state index is 12.7. The maximum atomic E-state index is 12.7. The molecule has 0 saturated carbocycles. The Bertz CT molecular complexity index is 432. The van der Waals surface area contributed by atoms with E-state index in [1.54, 1.807) is 5.32 Å². The van der Waals surface area contributed by atoms with Crippen molar-refractivity contribution in [1.82, 2.24) is 5.32 Å². The van der Waals surface area contributed by atoms with Crippen molar-refractivity contribution in [1.29, 1.82) is 0 Å². The first-order chi connectivity index (χ1) is 8.73. The average Bonchev–Trinajstić information content (AvgIpc) is 2.31. The first-order valence-corrected chi connectivity index (χ1v) is 5.45. The van der Waals surface area contributed by atoms with Crippen LogP contribution in [0.4, 0.5) is 22.0 Å². The highest BCUT2D eigenvalue weighted by Crippen LogP contribution is 2.23. The van der Waals surface area contributed by atoms with Crippen LogP contribution in [-0.2, 0) is 11.2 Å². The van der Waals surface area contributed by atoms with Crippen LogP contribution < -0.4 is 5.32 Å². The van der Waals surface area contributed by atoms with Crippen LogP contribution in [-0.4, -0.2) is 24.3 Å². The van der Waals surface area contributed by atoms with E-state index in [1.807, 2.05) is 0 Å². The second-order valence-corrected chi connectivity index (χ2v) is 4.13. The van der Waals surface area contributed by atoms with Crippen molar-refractivity contribution in [2.24, 2.45) is 0 Å². The normalized spacial score (nSPS) is 13.4. The highest BCUT2D eigenvalue weighted by Gasteiger charge is 2.49. The molecule has 0 fully saturated rings. The van der Waals surface area contributed by atoms with Gasteiger partial charge >= 0.3 is 12.3 Å². The molecule has 0 spiro atoms. The second kappa shape index (κ2) is 5.99. The molecular weight excluding hydrogens is 269 g/mol. The van der Waals surface area contributed by atoms with E-state index in [0.717, 1.165) is 0 Å². The fourth-order valence-electron chi connectivity index (χ4n) is 1.44. The van der Waals surface area contributed by atoms with E-state index < -0.39 is 30.1 Å². The number of carbonyl (C=O) groups excluding carboxylic acids is 1. The van der Waals surface area contributed by atoms with Crippen LogP contribution in [0.2, 0.25) is 0 Å². The lowest BCUT2D eigenvalue weighted by Crippen LogP contribution is -2.48. The van der Waals surface area contributed by atoms with E-state index in [0.29, 0.717) is 5.56 Å². The summed E-state index contributed by atoms with van der Waals surface area (Å²) in [5, 5.41) is 1.80. The zero-order valence-corrected chi connectivity index (χ0v) is 9.97. The molecule has 1 rings (SSSR count). The van der Waals surface area contributed by atoms with Gasteiger partial charge in [-0.3, -0.25) is 4.79 Å². The van der Waals surface area contributed by atoms with Crippen LogP contribution in [0, 0.1) is 5.82 Å². The molecule has 0 heterocycles. The summed E-state index contributed by atoms with van der Waals surface area (Å²) in [5.74, 6) is -7.18. The van der Waals surface area contributed by atoms with E-state index in [9.17, 15) is 26.7 Å². The van der Waals surface area contributed by atoms with E-state index in [4.69, 9.17) is 0 Å². The molecule has 106 valence electrons. The number of hydrogen-bond donors (Lipinski definition) is 1. The summed E-state index contributed by atoms with van der Waals surface area (Å²) in [6, 6.07) is 4.42. The molecule has 1 aromatic rings. The predicted molar refractivity (Wildman–Crippen MR) is 58.7 cm³/mol. The third-order valence-corrected chi connectivity index (χ3v) is 2.41. The Kier molecular flexibility index (Phi) is 4.85. The van der Waals surface area contributed by atoms with Crippen LogP contribution in [0.25, 0.3) is 0 Å². The standard InChI is InChI=1S/C12H12F5NO/c1-7(6-8-2-4-9(13)5-3-8)18-11(19)12(16,17)10(14)15/h2-5,7,10H,6H2,1H3,(H,18,19). The fraction of sp³-hybridized carbons (Fsp3) is 0.417. The van der Waals surface area contributed by atoms with E-state index in [2.05, 4.69) is 0 Å². The third kappa shape index (κ3) is 4.18. The van der Waals surface area contributed by atoms with Gasteiger partial charge in [0, 0.05) is 6.04 Å². The highest BCUT2D eigenvalue weighted by molar-refractivity contribution is 5.84. The Morgan fingerprint density at radius 3 is 2.26 bits per heavy atom. The topological polar surface area (TPSA) is 29.1 Å². The summed E-state index contributed by atoms with van der Waals surface area (Å²) in [5.41, 5.74) is 0.592. The van der Waals surface area contributed by atoms with Gasteiger partial charge in [-0.15, -0.1) is 0 Å². The minimum absolute atomic E-state index is 0.130. The fourth-order valence-corrected chi connectivity index (χ4v) is 1.44. The minimum atomic E-state index is -4.71. The van der Waals surface area contributed by atoms with Crippen molar-refractivity contribution in [2.75, 3.05) is 0 Å². The number of rotatable bonds is 5. The Balaban J connectivity index is 2.58. The van der Waals surface area contributed by atoms with Crippen molar-refractivity contribution in [2.45, 2.75) is 31.7 Å². The molecule has 0 aromatic heterocycles. The number of hydrogen-bond acceptors (Lipinski definition) is 1. The third-order valence-electron chi connectivity index (χ3n) is 2.41. The molecule has 19 heavy (non-hydrogen) atoms. The van der Waals surface area contributed by atoms with Gasteiger partial charge in [-0.05, 0) is 31.0 Å². The monoisotopic (exact) mass is 281 g/mol. The molecule has 0 bridgehead atoms. The molecule has 0 aliphatic carbocycles. The lowest BCUT2D eigenvalue weighted by atomic mass is 10.1. The van der Waals surface area contributed by atoms with Crippen molar-refractivity contribution in [3.05, 3.63) is 35.6 Å². The summed E-state index contributed by atoms with van der Waals surface area (Å²) >= 11 is 0. The summed E-state index contributed by atoms with van der Waals surface area (Å²) in [6.07, 6.45) is -3.92. The molecule has 0 aliphatic rings. The Labute approximate surface area is 106 Å². The Morgan fingerprint density at radius 2 is 1.79 bits per heavy atom. The number of alkyl halides is 4. The molecule has 1 atom stereocenters. The van der Waals surface area contributed by atoms with Crippen LogP contribution in [0.1, 0.15) is 12.5 Å². The van der Waals surface area contributed by atoms with Gasteiger partial charge in [0.2, 0.25) is 0 Å². The summed E-state index contributed by atoms with van der Waals surface area (Å²) < 4.78 is 61.9. The smallest absolute Gasteiger partial charge is 0.348 e. The number of amides is 1.